The molecule has 1 aliphatic heterocycles. The summed E-state index contributed by atoms with van der Waals surface area (Å²) in [6, 6.07) is 3.55. The van der Waals surface area contributed by atoms with E-state index in [0.717, 1.165) is 18.1 Å². The van der Waals surface area contributed by atoms with Gasteiger partial charge < -0.3 is 11.1 Å². The number of amides is 1. The van der Waals surface area contributed by atoms with Crippen molar-refractivity contribution in [1.82, 2.24) is 4.90 Å². The first kappa shape index (κ1) is 15.8. The first-order valence-electron chi connectivity index (χ1n) is 6.33. The molecule has 0 aromatic heterocycles. The summed E-state index contributed by atoms with van der Waals surface area (Å²) in [5.74, 6) is 2.00. The topological polar surface area (TPSA) is 58.4 Å². The van der Waals surface area contributed by atoms with Crippen molar-refractivity contribution in [3.05, 3.63) is 22.2 Å². The van der Waals surface area contributed by atoms with E-state index < -0.39 is 0 Å². The molecule has 1 unspecified atom stereocenters. The third kappa shape index (κ3) is 3.95. The minimum absolute atomic E-state index is 0.114. The molecule has 20 heavy (non-hydrogen) atoms. The summed E-state index contributed by atoms with van der Waals surface area (Å²) in [5, 5.41) is 3.47. The second kappa shape index (κ2) is 6.89. The molecule has 1 atom stereocenters. The van der Waals surface area contributed by atoms with Crippen molar-refractivity contribution in [3.63, 3.8) is 0 Å². The molecular formula is C13H17Cl2N3OS. The zero-order valence-electron chi connectivity index (χ0n) is 11.2. The van der Waals surface area contributed by atoms with E-state index in [1.807, 2.05) is 11.8 Å². The van der Waals surface area contributed by atoms with Crippen LogP contribution >= 0.6 is 35.0 Å². The molecular weight excluding hydrogens is 317 g/mol. The largest absolute Gasteiger partial charge is 0.399 e. The van der Waals surface area contributed by atoms with Gasteiger partial charge in [0.2, 0.25) is 5.91 Å². The van der Waals surface area contributed by atoms with Crippen LogP contribution in [0.2, 0.25) is 10.0 Å². The molecule has 1 fully saturated rings. The minimum atomic E-state index is -0.114. The molecule has 1 heterocycles. The lowest BCUT2D eigenvalue weighted by atomic mass is 10.2. The van der Waals surface area contributed by atoms with Crippen LogP contribution in [0.3, 0.4) is 0 Å². The Balaban J connectivity index is 2.01. The van der Waals surface area contributed by atoms with Gasteiger partial charge in [-0.1, -0.05) is 23.2 Å². The second-order valence-electron chi connectivity index (χ2n) is 4.80. The van der Waals surface area contributed by atoms with Crippen molar-refractivity contribution >= 4 is 52.2 Å². The predicted octanol–water partition coefficient (Wildman–Crippen LogP) is 2.95. The standard InChI is InChI=1S/C13H17Cl2N3OS/c1-8-7-20-3-2-18(8)6-12(19)17-13-10(14)4-9(16)5-11(13)15/h4-5,8H,2-3,6-7,16H2,1H3,(H,17,19). The van der Waals surface area contributed by atoms with Crippen LogP contribution in [-0.2, 0) is 4.79 Å². The highest BCUT2D eigenvalue weighted by Gasteiger charge is 2.21. The van der Waals surface area contributed by atoms with Gasteiger partial charge in [-0.2, -0.15) is 11.8 Å². The first-order chi connectivity index (χ1) is 9.47. The van der Waals surface area contributed by atoms with E-state index in [2.05, 4.69) is 17.1 Å². The van der Waals surface area contributed by atoms with E-state index in [1.54, 1.807) is 12.1 Å². The molecule has 1 aliphatic rings. The third-order valence-electron chi connectivity index (χ3n) is 3.18. The third-order valence-corrected chi connectivity index (χ3v) is 4.97. The average Bonchev–Trinajstić information content (AvgIpc) is 2.36. The predicted molar refractivity (Wildman–Crippen MR) is 87.9 cm³/mol. The number of carbonyl (C=O) groups excluding carboxylic acids is 1. The lowest BCUT2D eigenvalue weighted by molar-refractivity contribution is -0.117. The lowest BCUT2D eigenvalue weighted by Gasteiger charge is -2.32. The monoisotopic (exact) mass is 333 g/mol. The SMILES string of the molecule is CC1CSCCN1CC(=O)Nc1c(Cl)cc(N)cc1Cl. The number of nitrogens with two attached hydrogens (primary N) is 1. The number of rotatable bonds is 3. The number of benzene rings is 1. The Labute approximate surface area is 133 Å². The van der Waals surface area contributed by atoms with Gasteiger partial charge in [0, 0.05) is 29.8 Å². The highest BCUT2D eigenvalue weighted by Crippen LogP contribution is 2.32. The van der Waals surface area contributed by atoms with E-state index in [1.165, 1.54) is 0 Å². The molecule has 1 aromatic carbocycles. The Morgan fingerprint density at radius 1 is 1.50 bits per heavy atom. The van der Waals surface area contributed by atoms with Crippen LogP contribution in [-0.4, -0.2) is 41.4 Å². The van der Waals surface area contributed by atoms with Gasteiger partial charge in [-0.25, -0.2) is 0 Å². The van der Waals surface area contributed by atoms with Gasteiger partial charge in [0.1, 0.15) is 0 Å². The fourth-order valence-corrected chi connectivity index (χ4v) is 3.75. The van der Waals surface area contributed by atoms with Gasteiger partial charge >= 0.3 is 0 Å². The van der Waals surface area contributed by atoms with Gasteiger partial charge in [-0.15, -0.1) is 0 Å². The summed E-state index contributed by atoms with van der Waals surface area (Å²) in [6.45, 7) is 3.39. The molecule has 4 nitrogen and oxygen atoms in total. The summed E-state index contributed by atoms with van der Waals surface area (Å²) < 4.78 is 0. The molecule has 110 valence electrons. The Bertz CT molecular complexity index is 489. The average molecular weight is 334 g/mol. The van der Waals surface area contributed by atoms with Crippen LogP contribution in [0.15, 0.2) is 12.1 Å². The van der Waals surface area contributed by atoms with Crippen LogP contribution in [0.25, 0.3) is 0 Å². The van der Waals surface area contributed by atoms with Gasteiger partial charge in [-0.05, 0) is 19.1 Å². The molecule has 3 N–H and O–H groups in total. The van der Waals surface area contributed by atoms with Crippen LogP contribution in [0.5, 0.6) is 0 Å². The number of halogens is 2. The van der Waals surface area contributed by atoms with Gasteiger partial charge in [0.05, 0.1) is 22.3 Å². The highest BCUT2D eigenvalue weighted by molar-refractivity contribution is 7.99. The summed E-state index contributed by atoms with van der Waals surface area (Å²) in [7, 11) is 0. The number of carbonyl (C=O) groups is 1. The van der Waals surface area contributed by atoms with Crippen molar-refractivity contribution < 1.29 is 4.79 Å². The first-order valence-corrected chi connectivity index (χ1v) is 8.24. The van der Waals surface area contributed by atoms with Crippen molar-refractivity contribution in [2.45, 2.75) is 13.0 Å². The van der Waals surface area contributed by atoms with Crippen LogP contribution in [0.4, 0.5) is 11.4 Å². The molecule has 0 bridgehead atoms. The zero-order chi connectivity index (χ0) is 14.7. The summed E-state index contributed by atoms with van der Waals surface area (Å²) in [4.78, 5) is 14.3. The van der Waals surface area contributed by atoms with Crippen LogP contribution < -0.4 is 11.1 Å². The van der Waals surface area contributed by atoms with E-state index in [0.29, 0.717) is 34.0 Å². The van der Waals surface area contributed by atoms with Crippen molar-refractivity contribution in [2.75, 3.05) is 35.6 Å². The van der Waals surface area contributed by atoms with Gasteiger partial charge in [0.25, 0.3) is 0 Å². The van der Waals surface area contributed by atoms with Crippen LogP contribution in [0, 0.1) is 0 Å². The fraction of sp³-hybridized carbons (Fsp3) is 0.462. The molecule has 1 saturated heterocycles. The maximum absolute atomic E-state index is 12.1. The molecule has 0 spiro atoms. The number of thioether (sulfide) groups is 1. The molecule has 1 amide bonds. The highest BCUT2D eigenvalue weighted by atomic mass is 35.5. The molecule has 0 aliphatic carbocycles. The molecule has 0 radical (unpaired) electrons. The second-order valence-corrected chi connectivity index (χ2v) is 6.77. The van der Waals surface area contributed by atoms with Crippen LogP contribution in [0.1, 0.15) is 6.92 Å². The smallest absolute Gasteiger partial charge is 0.238 e. The number of nitrogen functional groups attached to an aromatic ring is 1. The molecule has 7 heteroatoms. The van der Waals surface area contributed by atoms with E-state index in [-0.39, 0.29) is 5.91 Å². The fourth-order valence-electron chi connectivity index (χ4n) is 2.07. The summed E-state index contributed by atoms with van der Waals surface area (Å²) >= 11 is 14.0. The maximum atomic E-state index is 12.1. The van der Waals surface area contributed by atoms with Crippen molar-refractivity contribution in [1.29, 1.82) is 0 Å². The van der Waals surface area contributed by atoms with Gasteiger partial charge in [-0.3, -0.25) is 9.69 Å². The molecule has 1 aromatic rings. The number of hydrogen-bond acceptors (Lipinski definition) is 4. The zero-order valence-corrected chi connectivity index (χ0v) is 13.5. The quantitative estimate of drug-likeness (QED) is 0.835. The number of nitrogens with one attached hydrogen (secondary N) is 1. The lowest BCUT2D eigenvalue weighted by Crippen LogP contribution is -2.44. The Morgan fingerprint density at radius 3 is 2.75 bits per heavy atom. The van der Waals surface area contributed by atoms with Gasteiger partial charge in [0.15, 0.2) is 0 Å². The number of nitrogens with zero attached hydrogens (tertiary/aromatic N) is 1. The molecule has 0 saturated carbocycles. The number of hydrogen-bond donors (Lipinski definition) is 2. The normalized spacial score (nSPS) is 19.9. The Kier molecular flexibility index (Phi) is 5.43. The minimum Gasteiger partial charge on any atom is -0.399 e. The van der Waals surface area contributed by atoms with Crippen molar-refractivity contribution in [3.8, 4) is 0 Å². The van der Waals surface area contributed by atoms with E-state index in [4.69, 9.17) is 28.9 Å². The van der Waals surface area contributed by atoms with E-state index in [9.17, 15) is 4.79 Å². The summed E-state index contributed by atoms with van der Waals surface area (Å²) in [5.41, 5.74) is 6.53. The Hall–Kier alpha value is -0.620. The molecule has 2 rings (SSSR count). The number of anilines is 2. The Morgan fingerprint density at radius 2 is 2.15 bits per heavy atom. The summed E-state index contributed by atoms with van der Waals surface area (Å²) in [6.07, 6.45) is 0. The van der Waals surface area contributed by atoms with Crippen molar-refractivity contribution in [2.24, 2.45) is 0 Å². The maximum Gasteiger partial charge on any atom is 0.238 e. The van der Waals surface area contributed by atoms with E-state index >= 15 is 0 Å².